The molecule has 1 heterocycles. The molecule has 0 unspecified atom stereocenters. The van der Waals surface area contributed by atoms with Gasteiger partial charge in [-0.05, 0) is 30.4 Å². The molecule has 0 bridgehead atoms. The fourth-order valence-electron chi connectivity index (χ4n) is 1.70. The van der Waals surface area contributed by atoms with Gasteiger partial charge in [-0.3, -0.25) is 20.0 Å². The molecule has 0 aliphatic rings. The van der Waals surface area contributed by atoms with Crippen molar-refractivity contribution in [3.63, 3.8) is 0 Å². The summed E-state index contributed by atoms with van der Waals surface area (Å²) < 4.78 is 37.5. The highest BCUT2D eigenvalue weighted by Crippen LogP contribution is 2.18. The lowest BCUT2D eigenvalue weighted by atomic mass is 10.3. The minimum absolute atomic E-state index is 0.0223. The summed E-state index contributed by atoms with van der Waals surface area (Å²) in [6.45, 7) is 0. The number of nitrogens with one attached hydrogen (secondary N) is 4. The lowest BCUT2D eigenvalue weighted by Crippen LogP contribution is -2.42. The zero-order valence-electron chi connectivity index (χ0n) is 11.7. The Balaban J connectivity index is 2.07. The number of hydrazine groups is 1. The molecule has 12 heteroatoms. The number of aromatic amines is 2. The molecule has 0 saturated carbocycles. The highest BCUT2D eigenvalue weighted by molar-refractivity contribution is 7.89. The zero-order valence-corrected chi connectivity index (χ0v) is 14.1. The van der Waals surface area contributed by atoms with Crippen LogP contribution in [0.1, 0.15) is 5.69 Å². The van der Waals surface area contributed by atoms with E-state index in [0.29, 0.717) is 0 Å². The molecule has 2 aromatic rings. The second-order valence-electron chi connectivity index (χ2n) is 4.52. The zero-order chi connectivity index (χ0) is 17.9. The van der Waals surface area contributed by atoms with Gasteiger partial charge in [-0.15, -0.1) is 4.83 Å². The van der Waals surface area contributed by atoms with Crippen LogP contribution in [0.25, 0.3) is 0 Å². The summed E-state index contributed by atoms with van der Waals surface area (Å²) in [5.74, 6) is -1.85. The molecule has 0 atom stereocenters. The summed E-state index contributed by atoms with van der Waals surface area (Å²) in [5.41, 5.74) is 1.58. The number of amides is 1. The van der Waals surface area contributed by atoms with Gasteiger partial charge >= 0.3 is 0 Å². The number of aromatic nitrogens is 2. The monoisotopic (exact) mass is 392 g/mol. The van der Waals surface area contributed by atoms with Gasteiger partial charge in [-0.2, -0.15) is 0 Å². The summed E-state index contributed by atoms with van der Waals surface area (Å²) in [4.78, 5) is 28.9. The normalized spacial score (nSPS) is 11.2. The van der Waals surface area contributed by atoms with Gasteiger partial charge in [0.25, 0.3) is 15.6 Å². The molecule has 1 aromatic carbocycles. The minimum atomic E-state index is -4.33. The highest BCUT2D eigenvalue weighted by atomic mass is 35.5. The molecule has 2 rings (SSSR count). The second-order valence-corrected chi connectivity index (χ2v) is 7.01. The van der Waals surface area contributed by atoms with E-state index in [4.69, 9.17) is 23.8 Å². The van der Waals surface area contributed by atoms with Crippen molar-refractivity contribution in [2.24, 2.45) is 0 Å². The molecule has 0 aliphatic heterocycles. The largest absolute Gasteiger partial charge is 0.335 e. The molecule has 4 N–H and O–H groups in total. The first-order chi connectivity index (χ1) is 11.2. The maximum Gasteiger partial charge on any atom is 0.260 e. The van der Waals surface area contributed by atoms with E-state index in [1.807, 2.05) is 5.43 Å². The Labute approximate surface area is 145 Å². The van der Waals surface area contributed by atoms with Crippen LogP contribution < -0.4 is 15.8 Å². The third-order valence-corrected chi connectivity index (χ3v) is 4.40. The first kappa shape index (κ1) is 18.3. The van der Waals surface area contributed by atoms with Crippen LogP contribution in [0, 0.1) is 10.6 Å². The van der Waals surface area contributed by atoms with Gasteiger partial charge in [-0.1, -0.05) is 11.6 Å². The second kappa shape index (κ2) is 7.21. The molecule has 0 radical (unpaired) electrons. The molecule has 0 fully saturated rings. The van der Waals surface area contributed by atoms with Crippen molar-refractivity contribution in [2.45, 2.75) is 11.3 Å². The Morgan fingerprint density at radius 3 is 2.62 bits per heavy atom. The smallest absolute Gasteiger partial charge is 0.260 e. The predicted octanol–water partition coefficient (Wildman–Crippen LogP) is 0.777. The first-order valence-electron chi connectivity index (χ1n) is 6.25. The Bertz CT molecular complexity index is 974. The summed E-state index contributed by atoms with van der Waals surface area (Å²) in [5, 5.41) is 0.0278. The van der Waals surface area contributed by atoms with E-state index < -0.39 is 32.2 Å². The maximum absolute atomic E-state index is 13.6. The summed E-state index contributed by atoms with van der Waals surface area (Å²) in [6, 6.07) is 4.08. The summed E-state index contributed by atoms with van der Waals surface area (Å²) >= 11 is 10.3. The molecular weight excluding hydrogens is 383 g/mol. The van der Waals surface area contributed by atoms with E-state index in [1.54, 1.807) is 4.83 Å². The molecule has 1 aromatic heterocycles. The van der Waals surface area contributed by atoms with Gasteiger partial charge in [-0.25, -0.2) is 12.8 Å². The average Bonchev–Trinajstić information content (AvgIpc) is 2.43. The van der Waals surface area contributed by atoms with E-state index in [0.717, 1.165) is 18.2 Å². The molecule has 0 spiro atoms. The van der Waals surface area contributed by atoms with Crippen LogP contribution >= 0.6 is 23.8 Å². The van der Waals surface area contributed by atoms with Crippen molar-refractivity contribution in [2.75, 3.05) is 0 Å². The molecular formula is C12H10ClFN4O4S2. The number of H-pyrrole nitrogens is 2. The standard InChI is InChI=1S/C12H10ClFN4O4S2/c13-6-1-2-9(8(14)3-6)24(21,22)18-17-11(20)5-7-4-10(19)16-12(23)15-7/h1-4,18H,5H2,(H,17,20)(H2,15,16,19,23). The fourth-order valence-corrected chi connectivity index (χ4v) is 3.02. The van der Waals surface area contributed by atoms with Crippen LogP contribution in [0.4, 0.5) is 4.39 Å². The molecule has 1 amide bonds. The first-order valence-corrected chi connectivity index (χ1v) is 8.52. The van der Waals surface area contributed by atoms with Crippen molar-refractivity contribution < 1.29 is 17.6 Å². The number of carbonyl (C=O) groups is 1. The van der Waals surface area contributed by atoms with E-state index in [-0.39, 0.29) is 21.9 Å². The van der Waals surface area contributed by atoms with Gasteiger partial charge in [0.15, 0.2) is 4.77 Å². The topological polar surface area (TPSA) is 124 Å². The Morgan fingerprint density at radius 2 is 2.00 bits per heavy atom. The number of sulfonamides is 1. The van der Waals surface area contributed by atoms with Crippen LogP contribution in [0.15, 0.2) is 34.0 Å². The van der Waals surface area contributed by atoms with Gasteiger partial charge < -0.3 is 4.98 Å². The van der Waals surface area contributed by atoms with E-state index in [9.17, 15) is 22.4 Å². The van der Waals surface area contributed by atoms with Crippen LogP contribution in [-0.4, -0.2) is 24.3 Å². The van der Waals surface area contributed by atoms with Crippen LogP contribution in [0.2, 0.25) is 5.02 Å². The fraction of sp³-hybridized carbons (Fsp3) is 0.0833. The van der Waals surface area contributed by atoms with Crippen molar-refractivity contribution in [3.8, 4) is 0 Å². The Hall–Kier alpha value is -2.08. The highest BCUT2D eigenvalue weighted by Gasteiger charge is 2.20. The number of halogens is 2. The third kappa shape index (κ3) is 4.71. The SMILES string of the molecule is O=C(Cc1cc(=O)[nH]c(=S)[nH]1)NNS(=O)(=O)c1ccc(Cl)cc1F. The molecule has 128 valence electrons. The third-order valence-electron chi connectivity index (χ3n) is 2.68. The van der Waals surface area contributed by atoms with Crippen molar-refractivity contribution in [3.05, 3.63) is 55.9 Å². The number of carbonyl (C=O) groups excluding carboxylic acids is 1. The summed E-state index contributed by atoms with van der Waals surface area (Å²) in [6.07, 6.45) is -0.348. The molecule has 24 heavy (non-hydrogen) atoms. The van der Waals surface area contributed by atoms with E-state index >= 15 is 0 Å². The van der Waals surface area contributed by atoms with Crippen LogP contribution in [-0.2, 0) is 21.2 Å². The quantitative estimate of drug-likeness (QED) is 0.442. The van der Waals surface area contributed by atoms with Gasteiger partial charge in [0.2, 0.25) is 5.91 Å². The van der Waals surface area contributed by atoms with Crippen molar-refractivity contribution >= 4 is 39.7 Å². The van der Waals surface area contributed by atoms with Crippen LogP contribution in [0.5, 0.6) is 0 Å². The minimum Gasteiger partial charge on any atom is -0.335 e. The average molecular weight is 393 g/mol. The number of hydrogen-bond acceptors (Lipinski definition) is 5. The Morgan fingerprint density at radius 1 is 1.29 bits per heavy atom. The lowest BCUT2D eigenvalue weighted by Gasteiger charge is -2.09. The van der Waals surface area contributed by atoms with Crippen molar-refractivity contribution in [1.82, 2.24) is 20.2 Å². The van der Waals surface area contributed by atoms with E-state index in [2.05, 4.69) is 9.97 Å². The lowest BCUT2D eigenvalue weighted by molar-refractivity contribution is -0.120. The van der Waals surface area contributed by atoms with Crippen molar-refractivity contribution in [1.29, 1.82) is 0 Å². The van der Waals surface area contributed by atoms with Gasteiger partial charge in [0.05, 0.1) is 6.42 Å². The molecule has 0 saturated heterocycles. The molecule has 8 nitrogen and oxygen atoms in total. The Kier molecular flexibility index (Phi) is 5.49. The summed E-state index contributed by atoms with van der Waals surface area (Å²) in [7, 11) is -4.33. The molecule has 0 aliphatic carbocycles. The van der Waals surface area contributed by atoms with Gasteiger partial charge in [0.1, 0.15) is 10.7 Å². The maximum atomic E-state index is 13.6. The number of benzene rings is 1. The van der Waals surface area contributed by atoms with Gasteiger partial charge in [0, 0.05) is 16.8 Å². The number of rotatable bonds is 5. The van der Waals surface area contributed by atoms with E-state index in [1.165, 1.54) is 6.07 Å². The van der Waals surface area contributed by atoms with Crippen LogP contribution in [0.3, 0.4) is 0 Å². The predicted molar refractivity (Wildman–Crippen MR) is 85.8 cm³/mol. The number of hydrogen-bond donors (Lipinski definition) is 4.